The zero-order valence-corrected chi connectivity index (χ0v) is 8.86. The maximum Gasteiger partial charge on any atom is 0.184 e. The van der Waals surface area contributed by atoms with E-state index >= 15 is 0 Å². The molecule has 0 atom stereocenters. The smallest absolute Gasteiger partial charge is 0.184 e. The van der Waals surface area contributed by atoms with Crippen LogP contribution in [0.5, 0.6) is 0 Å². The van der Waals surface area contributed by atoms with Crippen LogP contribution < -0.4 is 5.32 Å². The quantitative estimate of drug-likeness (QED) is 0.846. The lowest BCUT2D eigenvalue weighted by Crippen LogP contribution is -2.40. The lowest BCUT2D eigenvalue weighted by Gasteiger charge is -2.34. The highest BCUT2D eigenvalue weighted by atomic mass is 35.5. The zero-order valence-electron chi connectivity index (χ0n) is 7.29. The molecule has 1 aliphatic carbocycles. The molecule has 0 aromatic carbocycles. The molecule has 2 rings (SSSR count). The van der Waals surface area contributed by atoms with Gasteiger partial charge in [-0.25, -0.2) is 4.98 Å². The lowest BCUT2D eigenvalue weighted by molar-refractivity contribution is 0.0329. The SMILES string of the molecule is COC1CC(Nc2ncc(Cl)s2)C1. The summed E-state index contributed by atoms with van der Waals surface area (Å²) in [6.07, 6.45) is 4.22. The largest absolute Gasteiger partial charge is 0.381 e. The molecule has 1 aliphatic rings. The first kappa shape index (κ1) is 9.24. The topological polar surface area (TPSA) is 34.1 Å². The van der Waals surface area contributed by atoms with E-state index in [1.54, 1.807) is 13.3 Å². The number of ether oxygens (including phenoxy) is 1. The molecule has 0 aliphatic heterocycles. The van der Waals surface area contributed by atoms with Crippen molar-refractivity contribution in [2.45, 2.75) is 25.0 Å². The van der Waals surface area contributed by atoms with Crippen molar-refractivity contribution in [2.75, 3.05) is 12.4 Å². The standard InChI is InChI=1S/C8H11ClN2OS/c1-12-6-2-5(3-6)11-8-10-4-7(9)13-8/h4-6H,2-3H2,1H3,(H,10,11). The van der Waals surface area contributed by atoms with Gasteiger partial charge in [-0.15, -0.1) is 0 Å². The van der Waals surface area contributed by atoms with Crippen LogP contribution in [-0.4, -0.2) is 24.2 Å². The summed E-state index contributed by atoms with van der Waals surface area (Å²) in [5, 5.41) is 4.21. The van der Waals surface area contributed by atoms with Gasteiger partial charge in [0, 0.05) is 13.2 Å². The van der Waals surface area contributed by atoms with Crippen molar-refractivity contribution in [3.63, 3.8) is 0 Å². The average Bonchev–Trinajstić information content (AvgIpc) is 2.43. The second-order valence-electron chi connectivity index (χ2n) is 3.14. The highest BCUT2D eigenvalue weighted by Crippen LogP contribution is 2.29. The molecule has 1 saturated carbocycles. The summed E-state index contributed by atoms with van der Waals surface area (Å²) >= 11 is 7.23. The van der Waals surface area contributed by atoms with Crippen molar-refractivity contribution < 1.29 is 4.74 Å². The van der Waals surface area contributed by atoms with E-state index < -0.39 is 0 Å². The summed E-state index contributed by atoms with van der Waals surface area (Å²) in [6, 6.07) is 0.507. The Morgan fingerprint density at radius 1 is 1.69 bits per heavy atom. The number of methoxy groups -OCH3 is 1. The maximum atomic E-state index is 5.75. The second-order valence-corrected chi connectivity index (χ2v) is 4.80. The normalized spacial score (nSPS) is 26.9. The molecule has 5 heteroatoms. The zero-order chi connectivity index (χ0) is 9.26. The molecular formula is C8H11ClN2OS. The van der Waals surface area contributed by atoms with Crippen LogP contribution in [0.1, 0.15) is 12.8 Å². The van der Waals surface area contributed by atoms with Gasteiger partial charge in [0.15, 0.2) is 5.13 Å². The van der Waals surface area contributed by atoms with E-state index in [9.17, 15) is 0 Å². The molecule has 1 aromatic rings. The molecule has 0 saturated heterocycles. The second kappa shape index (κ2) is 3.82. The van der Waals surface area contributed by atoms with Crippen molar-refractivity contribution in [1.29, 1.82) is 0 Å². The van der Waals surface area contributed by atoms with Crippen LogP contribution in [0.3, 0.4) is 0 Å². The number of hydrogen-bond donors (Lipinski definition) is 1. The van der Waals surface area contributed by atoms with E-state index in [1.165, 1.54) is 11.3 Å². The van der Waals surface area contributed by atoms with Crippen molar-refractivity contribution >= 4 is 28.1 Å². The highest BCUT2D eigenvalue weighted by molar-refractivity contribution is 7.19. The van der Waals surface area contributed by atoms with Crippen molar-refractivity contribution in [2.24, 2.45) is 0 Å². The molecule has 0 bridgehead atoms. The summed E-state index contributed by atoms with van der Waals surface area (Å²) < 4.78 is 5.90. The van der Waals surface area contributed by atoms with E-state index in [4.69, 9.17) is 16.3 Å². The molecule has 1 fully saturated rings. The van der Waals surface area contributed by atoms with E-state index in [2.05, 4.69) is 10.3 Å². The van der Waals surface area contributed by atoms with E-state index in [1.807, 2.05) is 0 Å². The molecule has 0 radical (unpaired) electrons. The Hall–Kier alpha value is -0.320. The molecule has 3 nitrogen and oxygen atoms in total. The van der Waals surface area contributed by atoms with Gasteiger partial charge >= 0.3 is 0 Å². The number of thiazole rings is 1. The molecule has 1 heterocycles. The number of anilines is 1. The third-order valence-corrected chi connectivity index (χ3v) is 3.28. The van der Waals surface area contributed by atoms with Gasteiger partial charge < -0.3 is 10.1 Å². The van der Waals surface area contributed by atoms with Gasteiger partial charge in [0.2, 0.25) is 0 Å². The summed E-state index contributed by atoms with van der Waals surface area (Å²) in [5.74, 6) is 0. The van der Waals surface area contributed by atoms with Crippen molar-refractivity contribution in [3.8, 4) is 0 Å². The number of nitrogens with zero attached hydrogens (tertiary/aromatic N) is 1. The predicted molar refractivity (Wildman–Crippen MR) is 54.6 cm³/mol. The van der Waals surface area contributed by atoms with Gasteiger partial charge in [0.05, 0.1) is 12.3 Å². The van der Waals surface area contributed by atoms with Crippen LogP contribution in [0, 0.1) is 0 Å². The van der Waals surface area contributed by atoms with Gasteiger partial charge in [-0.2, -0.15) is 0 Å². The van der Waals surface area contributed by atoms with Crippen LogP contribution in [-0.2, 0) is 4.74 Å². The Labute approximate surface area is 86.1 Å². The number of halogens is 1. The Morgan fingerprint density at radius 2 is 2.46 bits per heavy atom. The van der Waals surface area contributed by atoms with Crippen LogP contribution in [0.2, 0.25) is 4.34 Å². The third-order valence-electron chi connectivity index (χ3n) is 2.23. The minimum Gasteiger partial charge on any atom is -0.381 e. The van der Waals surface area contributed by atoms with Gasteiger partial charge in [-0.05, 0) is 12.8 Å². The fraction of sp³-hybridized carbons (Fsp3) is 0.625. The van der Waals surface area contributed by atoms with Crippen LogP contribution in [0.4, 0.5) is 5.13 Å². The van der Waals surface area contributed by atoms with E-state index in [-0.39, 0.29) is 0 Å². The number of rotatable bonds is 3. The van der Waals surface area contributed by atoms with E-state index in [0.717, 1.165) is 22.3 Å². The number of hydrogen-bond acceptors (Lipinski definition) is 4. The molecule has 0 amide bonds. The van der Waals surface area contributed by atoms with Gasteiger partial charge in [-0.1, -0.05) is 22.9 Å². The van der Waals surface area contributed by atoms with Gasteiger partial charge in [0.1, 0.15) is 4.34 Å². The van der Waals surface area contributed by atoms with Gasteiger partial charge in [0.25, 0.3) is 0 Å². The Morgan fingerprint density at radius 3 is 3.00 bits per heavy atom. The lowest BCUT2D eigenvalue weighted by atomic mass is 9.89. The molecule has 72 valence electrons. The molecular weight excluding hydrogens is 208 g/mol. The summed E-state index contributed by atoms with van der Waals surface area (Å²) in [7, 11) is 1.75. The first-order chi connectivity index (χ1) is 6.28. The molecule has 0 spiro atoms. The number of nitrogens with one attached hydrogen (secondary N) is 1. The highest BCUT2D eigenvalue weighted by Gasteiger charge is 2.29. The minimum atomic E-state index is 0.424. The Balaban J connectivity index is 1.81. The molecule has 1 N–H and O–H groups in total. The summed E-state index contributed by atoms with van der Waals surface area (Å²) in [5.41, 5.74) is 0. The summed E-state index contributed by atoms with van der Waals surface area (Å²) in [6.45, 7) is 0. The van der Waals surface area contributed by atoms with Crippen molar-refractivity contribution in [3.05, 3.63) is 10.5 Å². The van der Waals surface area contributed by atoms with E-state index in [0.29, 0.717) is 12.1 Å². The van der Waals surface area contributed by atoms with Crippen molar-refractivity contribution in [1.82, 2.24) is 4.98 Å². The fourth-order valence-corrected chi connectivity index (χ4v) is 2.26. The minimum absolute atomic E-state index is 0.424. The first-order valence-electron chi connectivity index (χ1n) is 4.18. The summed E-state index contributed by atoms with van der Waals surface area (Å²) in [4.78, 5) is 4.12. The maximum absolute atomic E-state index is 5.75. The predicted octanol–water partition coefficient (Wildman–Crippen LogP) is 2.39. The fourth-order valence-electron chi connectivity index (χ4n) is 1.37. The third kappa shape index (κ3) is 2.13. The average molecular weight is 219 g/mol. The Bertz CT molecular complexity index is 285. The molecule has 0 unspecified atom stereocenters. The monoisotopic (exact) mass is 218 g/mol. The van der Waals surface area contributed by atoms with Crippen LogP contribution in [0.25, 0.3) is 0 Å². The Kier molecular flexibility index (Phi) is 2.71. The van der Waals surface area contributed by atoms with Gasteiger partial charge in [-0.3, -0.25) is 0 Å². The van der Waals surface area contributed by atoms with Crippen LogP contribution in [0.15, 0.2) is 6.20 Å². The van der Waals surface area contributed by atoms with Crippen LogP contribution >= 0.6 is 22.9 Å². The molecule has 1 aromatic heterocycles. The molecule has 13 heavy (non-hydrogen) atoms. The first-order valence-corrected chi connectivity index (χ1v) is 5.38. The number of aromatic nitrogens is 1.